The van der Waals surface area contributed by atoms with Gasteiger partial charge in [0.05, 0.1) is 32.6 Å². The summed E-state index contributed by atoms with van der Waals surface area (Å²) in [5.74, 6) is 2.44. The number of furan rings is 1. The van der Waals surface area contributed by atoms with E-state index in [2.05, 4.69) is 20.9 Å². The van der Waals surface area contributed by atoms with Gasteiger partial charge in [0.2, 0.25) is 5.91 Å². The minimum atomic E-state index is -0.164. The van der Waals surface area contributed by atoms with Crippen LogP contribution in [0.5, 0.6) is 11.5 Å². The molecule has 0 fully saturated rings. The molecule has 9 heteroatoms. The Morgan fingerprint density at radius 1 is 1.15 bits per heavy atom. The number of ether oxygens (including phenoxy) is 2. The lowest BCUT2D eigenvalue weighted by Gasteiger charge is -2.14. The topological polar surface area (TPSA) is 97.1 Å². The highest BCUT2D eigenvalue weighted by Crippen LogP contribution is 2.32. The Bertz CT molecular complexity index is 765. The summed E-state index contributed by atoms with van der Waals surface area (Å²) in [6.07, 6.45) is 2.43. The van der Waals surface area contributed by atoms with E-state index in [0.717, 1.165) is 17.9 Å². The van der Waals surface area contributed by atoms with Gasteiger partial charge in [-0.15, -0.1) is 24.0 Å². The fourth-order valence-corrected chi connectivity index (χ4v) is 2.38. The van der Waals surface area contributed by atoms with Gasteiger partial charge in [-0.25, -0.2) is 0 Å². The fourth-order valence-electron chi connectivity index (χ4n) is 2.38. The normalized spacial score (nSPS) is 13.1. The Hall–Kier alpha value is -2.43. The molecule has 3 rings (SSSR count). The molecule has 27 heavy (non-hydrogen) atoms. The summed E-state index contributed by atoms with van der Waals surface area (Å²) in [4.78, 5) is 16.0. The highest BCUT2D eigenvalue weighted by atomic mass is 127. The molecule has 146 valence electrons. The predicted molar refractivity (Wildman–Crippen MR) is 113 cm³/mol. The number of carbonyl (C=O) groups excluding carboxylic acids is 1. The number of rotatable bonds is 5. The van der Waals surface area contributed by atoms with Crippen LogP contribution in [0.2, 0.25) is 0 Å². The number of fused-ring (bicyclic) bond motifs is 1. The van der Waals surface area contributed by atoms with Crippen LogP contribution in [0.1, 0.15) is 12.2 Å². The van der Waals surface area contributed by atoms with E-state index in [0.29, 0.717) is 37.2 Å². The van der Waals surface area contributed by atoms with E-state index in [1.165, 1.54) is 0 Å². The van der Waals surface area contributed by atoms with Gasteiger partial charge in [-0.1, -0.05) is 0 Å². The molecule has 0 unspecified atom stereocenters. The number of carbonyl (C=O) groups is 1. The van der Waals surface area contributed by atoms with Gasteiger partial charge < -0.3 is 29.8 Å². The number of nitrogens with one attached hydrogen (secondary N) is 3. The van der Waals surface area contributed by atoms with Gasteiger partial charge in [0.1, 0.15) is 5.76 Å². The van der Waals surface area contributed by atoms with E-state index in [-0.39, 0.29) is 36.4 Å². The van der Waals surface area contributed by atoms with E-state index >= 15 is 0 Å². The number of halogens is 1. The number of benzene rings is 1. The number of guanidine groups is 1. The van der Waals surface area contributed by atoms with Gasteiger partial charge >= 0.3 is 0 Å². The Morgan fingerprint density at radius 2 is 1.96 bits per heavy atom. The van der Waals surface area contributed by atoms with Crippen molar-refractivity contribution in [1.29, 1.82) is 0 Å². The molecule has 1 aromatic heterocycles. The lowest BCUT2D eigenvalue weighted by Crippen LogP contribution is -2.39. The zero-order chi connectivity index (χ0) is 18.2. The van der Waals surface area contributed by atoms with Crippen LogP contribution in [-0.2, 0) is 11.3 Å². The second-order valence-electron chi connectivity index (χ2n) is 5.62. The smallest absolute Gasteiger partial charge is 0.239 e. The maximum atomic E-state index is 11.9. The summed E-state index contributed by atoms with van der Waals surface area (Å²) in [6, 6.07) is 9.16. The molecular formula is C18H23IN4O4. The molecule has 1 amide bonds. The van der Waals surface area contributed by atoms with Crippen molar-refractivity contribution < 1.29 is 18.7 Å². The molecule has 0 saturated heterocycles. The Morgan fingerprint density at radius 3 is 2.70 bits per heavy atom. The molecule has 2 heterocycles. The standard InChI is InChI=1S/C18H22N4O4.HI/c1-19-18(21-12-17(23)20-11-14-4-2-7-24-14)22-13-5-6-15-16(10-13)26-9-3-8-25-15;/h2,4-7,10H,3,8-9,11-12H2,1H3,(H,20,23)(H2,19,21,22);1H. The second kappa shape index (κ2) is 10.7. The molecule has 2 aromatic rings. The summed E-state index contributed by atoms with van der Waals surface area (Å²) in [7, 11) is 1.64. The zero-order valence-corrected chi connectivity index (χ0v) is 17.3. The molecule has 0 spiro atoms. The van der Waals surface area contributed by atoms with Gasteiger partial charge in [-0.2, -0.15) is 0 Å². The van der Waals surface area contributed by atoms with E-state index in [1.54, 1.807) is 25.4 Å². The largest absolute Gasteiger partial charge is 0.490 e. The van der Waals surface area contributed by atoms with Crippen molar-refractivity contribution >= 4 is 41.5 Å². The van der Waals surface area contributed by atoms with Crippen LogP contribution in [0.25, 0.3) is 0 Å². The van der Waals surface area contributed by atoms with Crippen molar-refractivity contribution in [2.24, 2.45) is 4.99 Å². The van der Waals surface area contributed by atoms with Crippen LogP contribution in [0.15, 0.2) is 46.0 Å². The highest BCUT2D eigenvalue weighted by molar-refractivity contribution is 14.0. The van der Waals surface area contributed by atoms with Crippen LogP contribution in [0.3, 0.4) is 0 Å². The average molecular weight is 486 g/mol. The minimum Gasteiger partial charge on any atom is -0.490 e. The fraction of sp³-hybridized carbons (Fsp3) is 0.333. The zero-order valence-electron chi connectivity index (χ0n) is 15.0. The molecule has 1 aromatic carbocycles. The first-order chi connectivity index (χ1) is 12.7. The Balaban J connectivity index is 0.00000261. The van der Waals surface area contributed by atoms with Crippen LogP contribution >= 0.6 is 24.0 Å². The molecule has 0 bridgehead atoms. The molecule has 1 aliphatic rings. The number of amides is 1. The molecule has 3 N–H and O–H groups in total. The van der Waals surface area contributed by atoms with Gasteiger partial charge in [0.25, 0.3) is 0 Å². The van der Waals surface area contributed by atoms with Crippen molar-refractivity contribution in [1.82, 2.24) is 10.6 Å². The first-order valence-corrected chi connectivity index (χ1v) is 8.41. The number of hydrogen-bond acceptors (Lipinski definition) is 5. The Labute approximate surface area is 174 Å². The highest BCUT2D eigenvalue weighted by Gasteiger charge is 2.11. The monoisotopic (exact) mass is 486 g/mol. The maximum absolute atomic E-state index is 11.9. The van der Waals surface area contributed by atoms with E-state index in [1.807, 2.05) is 18.2 Å². The first kappa shape index (κ1) is 20.9. The van der Waals surface area contributed by atoms with Crippen molar-refractivity contribution in [3.05, 3.63) is 42.4 Å². The van der Waals surface area contributed by atoms with Gasteiger partial charge in [0.15, 0.2) is 17.5 Å². The Kier molecular flexibility index (Phi) is 8.24. The van der Waals surface area contributed by atoms with E-state index in [9.17, 15) is 4.79 Å². The van der Waals surface area contributed by atoms with Crippen LogP contribution < -0.4 is 25.4 Å². The predicted octanol–water partition coefficient (Wildman–Crippen LogP) is 2.36. The molecule has 8 nitrogen and oxygen atoms in total. The first-order valence-electron chi connectivity index (χ1n) is 8.41. The number of anilines is 1. The third-order valence-electron chi connectivity index (χ3n) is 3.69. The van der Waals surface area contributed by atoms with E-state index < -0.39 is 0 Å². The summed E-state index contributed by atoms with van der Waals surface area (Å²) >= 11 is 0. The van der Waals surface area contributed by atoms with Crippen LogP contribution in [0.4, 0.5) is 5.69 Å². The van der Waals surface area contributed by atoms with Gasteiger partial charge in [-0.05, 0) is 24.3 Å². The molecular weight excluding hydrogens is 463 g/mol. The summed E-state index contributed by atoms with van der Waals surface area (Å²) in [5.41, 5.74) is 0.790. The van der Waals surface area contributed by atoms with Crippen molar-refractivity contribution in [3.63, 3.8) is 0 Å². The molecule has 0 saturated carbocycles. The number of nitrogens with zero attached hydrogens (tertiary/aromatic N) is 1. The van der Waals surface area contributed by atoms with Gasteiger partial charge in [0, 0.05) is 25.2 Å². The molecule has 0 atom stereocenters. The quantitative estimate of drug-likeness (QED) is 0.341. The molecule has 0 radical (unpaired) electrons. The van der Waals surface area contributed by atoms with Crippen molar-refractivity contribution in [2.75, 3.05) is 32.1 Å². The summed E-state index contributed by atoms with van der Waals surface area (Å²) in [5, 5.41) is 8.86. The van der Waals surface area contributed by atoms with Gasteiger partial charge in [-0.3, -0.25) is 9.79 Å². The van der Waals surface area contributed by atoms with Crippen molar-refractivity contribution in [3.8, 4) is 11.5 Å². The minimum absolute atomic E-state index is 0. The molecule has 1 aliphatic heterocycles. The van der Waals surface area contributed by atoms with Crippen LogP contribution in [-0.4, -0.2) is 38.7 Å². The van der Waals surface area contributed by atoms with Crippen molar-refractivity contribution in [2.45, 2.75) is 13.0 Å². The third-order valence-corrected chi connectivity index (χ3v) is 3.69. The molecule has 0 aliphatic carbocycles. The van der Waals surface area contributed by atoms with Crippen LogP contribution in [0, 0.1) is 0 Å². The third kappa shape index (κ3) is 6.35. The lowest BCUT2D eigenvalue weighted by atomic mass is 10.3. The average Bonchev–Trinajstić information content (AvgIpc) is 3.07. The summed E-state index contributed by atoms with van der Waals surface area (Å²) in [6.45, 7) is 1.71. The number of aliphatic imine (C=N–C) groups is 1. The lowest BCUT2D eigenvalue weighted by molar-refractivity contribution is -0.120. The maximum Gasteiger partial charge on any atom is 0.239 e. The second-order valence-corrected chi connectivity index (χ2v) is 5.62. The van der Waals surface area contributed by atoms with E-state index in [4.69, 9.17) is 13.9 Å². The SMILES string of the molecule is CN=C(NCC(=O)NCc1ccco1)Nc1ccc2c(c1)OCCCO2.I. The summed E-state index contributed by atoms with van der Waals surface area (Å²) < 4.78 is 16.5. The number of hydrogen-bond donors (Lipinski definition) is 3.